The first-order valence-corrected chi connectivity index (χ1v) is 5.85. The molecule has 1 unspecified atom stereocenters. The van der Waals surface area contributed by atoms with Gasteiger partial charge in [0, 0.05) is 6.07 Å². The lowest BCUT2D eigenvalue weighted by atomic mass is 9.97. The number of nitrogens with one attached hydrogen (secondary N) is 1. The molecule has 17 heavy (non-hydrogen) atoms. The van der Waals surface area contributed by atoms with Crippen LogP contribution in [-0.4, -0.2) is 27.3 Å². The van der Waals surface area contributed by atoms with Gasteiger partial charge in [0.25, 0.3) is 0 Å². The molecule has 1 fully saturated rings. The molecule has 1 aromatic rings. The zero-order valence-electron chi connectivity index (χ0n) is 10.3. The number of ether oxygens (including phenoxy) is 2. The Bertz CT molecular complexity index is 389. The Balaban J connectivity index is 2.22. The minimum Gasteiger partial charge on any atom is -0.496 e. The molecule has 1 saturated heterocycles. The first kappa shape index (κ1) is 12.2. The second kappa shape index (κ2) is 5.36. The summed E-state index contributed by atoms with van der Waals surface area (Å²) >= 11 is 0. The molecule has 1 aromatic carbocycles. The lowest BCUT2D eigenvalue weighted by Crippen LogP contribution is -2.11. The molecule has 94 valence electrons. The summed E-state index contributed by atoms with van der Waals surface area (Å²) in [7, 11) is 3.06. The van der Waals surface area contributed by atoms with Gasteiger partial charge < -0.3 is 14.8 Å². The van der Waals surface area contributed by atoms with Crippen LogP contribution in [0.4, 0.5) is 4.39 Å². The van der Waals surface area contributed by atoms with Crippen LogP contribution >= 0.6 is 0 Å². The maximum Gasteiger partial charge on any atom is 0.165 e. The van der Waals surface area contributed by atoms with E-state index >= 15 is 0 Å². The smallest absolute Gasteiger partial charge is 0.165 e. The van der Waals surface area contributed by atoms with Gasteiger partial charge in [-0.1, -0.05) is 0 Å². The molecule has 1 N–H and O–H groups in total. The lowest BCUT2D eigenvalue weighted by Gasteiger charge is -2.14. The fourth-order valence-electron chi connectivity index (χ4n) is 2.28. The van der Waals surface area contributed by atoms with Crippen molar-refractivity contribution in [2.24, 2.45) is 5.92 Å². The molecule has 0 amide bonds. The summed E-state index contributed by atoms with van der Waals surface area (Å²) in [6.07, 6.45) is 1.98. The van der Waals surface area contributed by atoms with Gasteiger partial charge in [0.1, 0.15) is 5.75 Å². The van der Waals surface area contributed by atoms with Crippen LogP contribution in [-0.2, 0) is 6.42 Å². The van der Waals surface area contributed by atoms with Gasteiger partial charge in [0.05, 0.1) is 14.2 Å². The molecule has 0 aromatic heterocycles. The van der Waals surface area contributed by atoms with E-state index in [0.29, 0.717) is 11.7 Å². The monoisotopic (exact) mass is 239 g/mol. The minimum absolute atomic E-state index is 0.232. The average Bonchev–Trinajstić information content (AvgIpc) is 2.82. The Morgan fingerprint density at radius 2 is 2.06 bits per heavy atom. The van der Waals surface area contributed by atoms with Gasteiger partial charge in [0.2, 0.25) is 0 Å². The fraction of sp³-hybridized carbons (Fsp3) is 0.538. The summed E-state index contributed by atoms with van der Waals surface area (Å²) in [5.74, 6) is 1.18. The van der Waals surface area contributed by atoms with E-state index in [1.807, 2.05) is 0 Å². The number of rotatable bonds is 4. The molecule has 1 aliphatic heterocycles. The molecule has 0 bridgehead atoms. The Kier molecular flexibility index (Phi) is 3.84. The third-order valence-electron chi connectivity index (χ3n) is 3.23. The predicted octanol–water partition coefficient (Wildman–Crippen LogP) is 1.99. The summed E-state index contributed by atoms with van der Waals surface area (Å²) < 4.78 is 23.9. The Morgan fingerprint density at radius 1 is 1.29 bits per heavy atom. The molecule has 1 heterocycles. The second-order valence-electron chi connectivity index (χ2n) is 4.36. The molecule has 1 aliphatic rings. The van der Waals surface area contributed by atoms with E-state index in [2.05, 4.69) is 5.32 Å². The molecular formula is C13H18FNO2. The van der Waals surface area contributed by atoms with Crippen LogP contribution in [0.5, 0.6) is 11.5 Å². The van der Waals surface area contributed by atoms with Crippen molar-refractivity contribution in [2.45, 2.75) is 12.8 Å². The highest BCUT2D eigenvalue weighted by atomic mass is 19.1. The average molecular weight is 239 g/mol. The third-order valence-corrected chi connectivity index (χ3v) is 3.23. The van der Waals surface area contributed by atoms with Crippen molar-refractivity contribution in [3.63, 3.8) is 0 Å². The van der Waals surface area contributed by atoms with E-state index in [9.17, 15) is 4.39 Å². The zero-order valence-corrected chi connectivity index (χ0v) is 10.3. The highest BCUT2D eigenvalue weighted by molar-refractivity contribution is 5.42. The van der Waals surface area contributed by atoms with E-state index in [-0.39, 0.29) is 11.6 Å². The van der Waals surface area contributed by atoms with Crippen molar-refractivity contribution in [1.29, 1.82) is 0 Å². The molecule has 0 saturated carbocycles. The Labute approximate surface area is 101 Å². The Hall–Kier alpha value is -1.29. The van der Waals surface area contributed by atoms with Crippen molar-refractivity contribution in [1.82, 2.24) is 5.32 Å². The van der Waals surface area contributed by atoms with E-state index in [0.717, 1.165) is 31.5 Å². The van der Waals surface area contributed by atoms with Gasteiger partial charge in [-0.15, -0.1) is 0 Å². The van der Waals surface area contributed by atoms with Crippen LogP contribution in [0.1, 0.15) is 12.0 Å². The van der Waals surface area contributed by atoms with Crippen LogP contribution in [0.25, 0.3) is 0 Å². The number of hydrogen-bond acceptors (Lipinski definition) is 3. The molecule has 2 rings (SSSR count). The summed E-state index contributed by atoms with van der Waals surface area (Å²) in [6, 6.07) is 3.14. The second-order valence-corrected chi connectivity index (χ2v) is 4.36. The van der Waals surface area contributed by atoms with Crippen LogP contribution in [0.2, 0.25) is 0 Å². The molecule has 4 heteroatoms. The SMILES string of the molecule is COc1cc(OC)c(CC2CCNC2)cc1F. The number of methoxy groups -OCH3 is 2. The molecule has 0 spiro atoms. The standard InChI is InChI=1S/C13H18FNO2/c1-16-12-7-13(17-2)11(14)6-10(12)5-9-3-4-15-8-9/h6-7,9,15H,3-5,8H2,1-2H3. The summed E-state index contributed by atoms with van der Waals surface area (Å²) in [6.45, 7) is 2.04. The van der Waals surface area contributed by atoms with Crippen molar-refractivity contribution in [3.05, 3.63) is 23.5 Å². The summed E-state index contributed by atoms with van der Waals surface area (Å²) in [5.41, 5.74) is 0.916. The highest BCUT2D eigenvalue weighted by Crippen LogP contribution is 2.30. The van der Waals surface area contributed by atoms with Gasteiger partial charge in [-0.2, -0.15) is 0 Å². The normalized spacial score (nSPS) is 19.4. The topological polar surface area (TPSA) is 30.5 Å². The predicted molar refractivity (Wildman–Crippen MR) is 64.2 cm³/mol. The van der Waals surface area contributed by atoms with Crippen molar-refractivity contribution in [3.8, 4) is 11.5 Å². The van der Waals surface area contributed by atoms with Gasteiger partial charge in [-0.3, -0.25) is 0 Å². The van der Waals surface area contributed by atoms with E-state index in [4.69, 9.17) is 9.47 Å². The van der Waals surface area contributed by atoms with Crippen LogP contribution in [0.3, 0.4) is 0 Å². The van der Waals surface area contributed by atoms with Crippen molar-refractivity contribution in [2.75, 3.05) is 27.3 Å². The largest absolute Gasteiger partial charge is 0.496 e. The first-order valence-electron chi connectivity index (χ1n) is 5.85. The van der Waals surface area contributed by atoms with E-state index in [1.54, 1.807) is 13.2 Å². The van der Waals surface area contributed by atoms with Gasteiger partial charge in [-0.05, 0) is 43.5 Å². The van der Waals surface area contributed by atoms with Crippen LogP contribution in [0, 0.1) is 11.7 Å². The zero-order chi connectivity index (χ0) is 12.3. The highest BCUT2D eigenvalue weighted by Gasteiger charge is 2.18. The summed E-state index contributed by atoms with van der Waals surface area (Å²) in [5, 5.41) is 3.31. The molecule has 0 aliphatic carbocycles. The molecule has 3 nitrogen and oxygen atoms in total. The molecule has 0 radical (unpaired) electrons. The van der Waals surface area contributed by atoms with Gasteiger partial charge in [-0.25, -0.2) is 4.39 Å². The van der Waals surface area contributed by atoms with E-state index < -0.39 is 0 Å². The van der Waals surface area contributed by atoms with Crippen LogP contribution < -0.4 is 14.8 Å². The van der Waals surface area contributed by atoms with Crippen LogP contribution in [0.15, 0.2) is 12.1 Å². The maximum absolute atomic E-state index is 13.6. The van der Waals surface area contributed by atoms with Crippen molar-refractivity contribution < 1.29 is 13.9 Å². The van der Waals surface area contributed by atoms with Gasteiger partial charge in [0.15, 0.2) is 11.6 Å². The summed E-state index contributed by atoms with van der Waals surface area (Å²) in [4.78, 5) is 0. The Morgan fingerprint density at radius 3 is 2.65 bits per heavy atom. The van der Waals surface area contributed by atoms with Gasteiger partial charge >= 0.3 is 0 Å². The lowest BCUT2D eigenvalue weighted by molar-refractivity contribution is 0.369. The minimum atomic E-state index is -0.325. The van der Waals surface area contributed by atoms with Crippen molar-refractivity contribution >= 4 is 0 Å². The number of hydrogen-bond donors (Lipinski definition) is 1. The number of halogens is 1. The molecular weight excluding hydrogens is 221 g/mol. The number of benzene rings is 1. The first-order chi connectivity index (χ1) is 8.24. The quantitative estimate of drug-likeness (QED) is 0.871. The fourth-order valence-corrected chi connectivity index (χ4v) is 2.28. The molecule has 1 atom stereocenters. The third kappa shape index (κ3) is 2.69. The van der Waals surface area contributed by atoms with E-state index in [1.165, 1.54) is 13.2 Å². The maximum atomic E-state index is 13.6.